The lowest BCUT2D eigenvalue weighted by Gasteiger charge is -2.34. The van der Waals surface area contributed by atoms with Crippen LogP contribution in [0.2, 0.25) is 0 Å². The first-order valence-electron chi connectivity index (χ1n) is 5.44. The Morgan fingerprint density at radius 2 is 1.62 bits per heavy atom. The predicted molar refractivity (Wildman–Crippen MR) is 62.5 cm³/mol. The van der Waals surface area contributed by atoms with Crippen molar-refractivity contribution in [3.8, 4) is 0 Å². The second kappa shape index (κ2) is 5.26. The summed E-state index contributed by atoms with van der Waals surface area (Å²) in [5.74, 6) is 1.06. The van der Waals surface area contributed by atoms with Crippen molar-refractivity contribution in [2.45, 2.75) is 38.5 Å². The van der Waals surface area contributed by atoms with Crippen LogP contribution in [0.1, 0.15) is 38.5 Å². The molecule has 1 fully saturated rings. The lowest BCUT2D eigenvalue weighted by atomic mass is 9.82. The van der Waals surface area contributed by atoms with E-state index in [1.807, 2.05) is 0 Å². The van der Waals surface area contributed by atoms with Crippen molar-refractivity contribution in [1.29, 1.82) is 0 Å². The summed E-state index contributed by atoms with van der Waals surface area (Å²) < 4.78 is 0. The van der Waals surface area contributed by atoms with E-state index in [1.54, 1.807) is 0 Å². The van der Waals surface area contributed by atoms with E-state index in [4.69, 9.17) is 0 Å². The van der Waals surface area contributed by atoms with Gasteiger partial charge < -0.3 is 4.90 Å². The molecule has 0 N–H and O–H groups in total. The maximum absolute atomic E-state index is 4.55. The van der Waals surface area contributed by atoms with Gasteiger partial charge in [0.2, 0.25) is 0 Å². The van der Waals surface area contributed by atoms with Gasteiger partial charge in [0.1, 0.15) is 0 Å². The van der Waals surface area contributed by atoms with E-state index in [9.17, 15) is 0 Å². The fourth-order valence-corrected chi connectivity index (χ4v) is 2.93. The number of nitrogens with zero attached hydrogens (tertiary/aromatic N) is 1. The fraction of sp³-hybridized carbons (Fsp3) is 1.00. The first-order chi connectivity index (χ1) is 6.18. The Balaban J connectivity index is 2.53. The molecule has 0 heterocycles. The molecule has 0 aromatic carbocycles. The van der Waals surface area contributed by atoms with Crippen molar-refractivity contribution in [2.24, 2.45) is 5.41 Å². The Kier molecular flexibility index (Phi) is 4.60. The van der Waals surface area contributed by atoms with E-state index in [1.165, 1.54) is 45.1 Å². The molecular formula is C11H23NS. The maximum Gasteiger partial charge on any atom is 0.00397 e. The number of hydrogen-bond donors (Lipinski definition) is 1. The zero-order valence-corrected chi connectivity index (χ0v) is 9.95. The highest BCUT2D eigenvalue weighted by atomic mass is 32.1. The zero-order valence-electron chi connectivity index (χ0n) is 9.05. The van der Waals surface area contributed by atoms with Crippen LogP contribution in [0.5, 0.6) is 0 Å². The van der Waals surface area contributed by atoms with Crippen LogP contribution in [0, 0.1) is 5.41 Å². The van der Waals surface area contributed by atoms with E-state index in [0.717, 1.165) is 5.75 Å². The summed E-state index contributed by atoms with van der Waals surface area (Å²) in [5.41, 5.74) is 0.517. The van der Waals surface area contributed by atoms with Crippen LogP contribution in [-0.4, -0.2) is 31.3 Å². The first-order valence-corrected chi connectivity index (χ1v) is 6.07. The molecule has 0 aliphatic heterocycles. The zero-order chi connectivity index (χ0) is 9.73. The summed E-state index contributed by atoms with van der Waals surface area (Å²) >= 11 is 4.55. The molecule has 78 valence electrons. The highest BCUT2D eigenvalue weighted by molar-refractivity contribution is 7.80. The molecule has 1 rings (SSSR count). The summed E-state index contributed by atoms with van der Waals surface area (Å²) in [5, 5.41) is 0. The van der Waals surface area contributed by atoms with Crippen molar-refractivity contribution in [3.05, 3.63) is 0 Å². The van der Waals surface area contributed by atoms with Crippen molar-refractivity contribution in [2.75, 3.05) is 26.4 Å². The third-order valence-corrected chi connectivity index (χ3v) is 3.82. The van der Waals surface area contributed by atoms with Gasteiger partial charge in [0.15, 0.2) is 0 Å². The number of thiol groups is 1. The largest absolute Gasteiger partial charge is 0.309 e. The lowest BCUT2D eigenvalue weighted by molar-refractivity contribution is 0.198. The minimum atomic E-state index is 0.517. The van der Waals surface area contributed by atoms with Gasteiger partial charge in [0.25, 0.3) is 0 Å². The Bertz CT molecular complexity index is 137. The predicted octanol–water partition coefficient (Wildman–Crippen LogP) is 2.82. The summed E-state index contributed by atoms with van der Waals surface area (Å²) in [7, 11) is 4.35. The Morgan fingerprint density at radius 3 is 2.00 bits per heavy atom. The molecule has 0 spiro atoms. The summed E-state index contributed by atoms with van der Waals surface area (Å²) in [6.45, 7) is 1.22. The molecule has 0 radical (unpaired) electrons. The van der Waals surface area contributed by atoms with Crippen LogP contribution in [0.15, 0.2) is 0 Å². The average molecular weight is 201 g/mol. The van der Waals surface area contributed by atoms with Gasteiger partial charge in [-0.3, -0.25) is 0 Å². The molecular weight excluding hydrogens is 178 g/mol. The average Bonchev–Trinajstić information content (AvgIpc) is 2.30. The molecule has 1 aliphatic carbocycles. The lowest BCUT2D eigenvalue weighted by Crippen LogP contribution is -2.35. The van der Waals surface area contributed by atoms with Gasteiger partial charge in [0, 0.05) is 6.54 Å². The monoisotopic (exact) mass is 201 g/mol. The van der Waals surface area contributed by atoms with Crippen LogP contribution < -0.4 is 0 Å². The molecule has 2 heteroatoms. The van der Waals surface area contributed by atoms with Crippen LogP contribution in [-0.2, 0) is 0 Å². The Hall–Kier alpha value is 0.310. The van der Waals surface area contributed by atoms with Gasteiger partial charge in [-0.05, 0) is 38.1 Å². The van der Waals surface area contributed by atoms with Crippen LogP contribution >= 0.6 is 12.6 Å². The normalized spacial score (nSPS) is 23.1. The van der Waals surface area contributed by atoms with E-state index in [-0.39, 0.29) is 0 Å². The second-order valence-corrected chi connectivity index (χ2v) is 5.13. The van der Waals surface area contributed by atoms with Gasteiger partial charge in [0.05, 0.1) is 0 Å². The molecule has 1 aliphatic rings. The summed E-state index contributed by atoms with van der Waals surface area (Å²) in [6, 6.07) is 0. The fourth-order valence-electron chi connectivity index (χ4n) is 2.52. The highest BCUT2D eigenvalue weighted by Gasteiger charge is 2.29. The van der Waals surface area contributed by atoms with Crippen molar-refractivity contribution in [3.63, 3.8) is 0 Å². The van der Waals surface area contributed by atoms with Crippen molar-refractivity contribution < 1.29 is 0 Å². The van der Waals surface area contributed by atoms with Crippen LogP contribution in [0.4, 0.5) is 0 Å². The van der Waals surface area contributed by atoms with Gasteiger partial charge in [-0.15, -0.1) is 0 Å². The minimum absolute atomic E-state index is 0.517. The molecule has 0 aromatic heterocycles. The maximum atomic E-state index is 4.55. The molecule has 13 heavy (non-hydrogen) atoms. The SMILES string of the molecule is CN(C)CC1(CS)CCCCCC1. The van der Waals surface area contributed by atoms with Gasteiger partial charge in [-0.2, -0.15) is 12.6 Å². The second-order valence-electron chi connectivity index (χ2n) is 4.81. The molecule has 0 atom stereocenters. The first kappa shape index (κ1) is 11.4. The van der Waals surface area contributed by atoms with Gasteiger partial charge in [-0.1, -0.05) is 25.7 Å². The molecule has 0 unspecified atom stereocenters. The third-order valence-electron chi connectivity index (χ3n) is 3.15. The van der Waals surface area contributed by atoms with E-state index >= 15 is 0 Å². The number of rotatable bonds is 3. The molecule has 0 saturated heterocycles. The third kappa shape index (κ3) is 3.51. The van der Waals surface area contributed by atoms with Gasteiger partial charge >= 0.3 is 0 Å². The van der Waals surface area contributed by atoms with Crippen LogP contribution in [0.3, 0.4) is 0 Å². The molecule has 1 nitrogen and oxygen atoms in total. The van der Waals surface area contributed by atoms with E-state index in [0.29, 0.717) is 5.41 Å². The van der Waals surface area contributed by atoms with Gasteiger partial charge in [-0.25, -0.2) is 0 Å². The molecule has 0 bridgehead atoms. The molecule has 0 aromatic rings. The number of hydrogen-bond acceptors (Lipinski definition) is 2. The quantitative estimate of drug-likeness (QED) is 0.543. The van der Waals surface area contributed by atoms with Crippen LogP contribution in [0.25, 0.3) is 0 Å². The standard InChI is InChI=1S/C11H23NS/c1-12(2)9-11(10-13)7-5-3-4-6-8-11/h13H,3-10H2,1-2H3. The Labute approximate surface area is 88.3 Å². The van der Waals surface area contributed by atoms with Crippen molar-refractivity contribution >= 4 is 12.6 Å². The van der Waals surface area contributed by atoms with E-state index in [2.05, 4.69) is 31.6 Å². The smallest absolute Gasteiger partial charge is 0.00397 e. The summed E-state index contributed by atoms with van der Waals surface area (Å²) in [4.78, 5) is 2.32. The topological polar surface area (TPSA) is 3.24 Å². The van der Waals surface area contributed by atoms with Crippen molar-refractivity contribution in [1.82, 2.24) is 4.90 Å². The summed E-state index contributed by atoms with van der Waals surface area (Å²) in [6.07, 6.45) is 8.46. The minimum Gasteiger partial charge on any atom is -0.309 e. The van der Waals surface area contributed by atoms with E-state index < -0.39 is 0 Å². The molecule has 1 saturated carbocycles. The molecule has 0 amide bonds. The highest BCUT2D eigenvalue weighted by Crippen LogP contribution is 2.36. The Morgan fingerprint density at radius 1 is 1.08 bits per heavy atom.